The number of nitrogens with two attached hydrogens (primary N) is 1. The standard InChI is InChI=1S/C15H20N2O3S/c16-15(18)14-6-3-9-17(14)21(19,20)13-8-7-11-4-1-2-5-12(11)10-13/h7-8,10,14H,1-6,9H2,(H2,16,18)/t14-/m0/s1. The van der Waals surface area contributed by atoms with Gasteiger partial charge in [0.25, 0.3) is 0 Å². The van der Waals surface area contributed by atoms with Gasteiger partial charge in [0.2, 0.25) is 15.9 Å². The molecular weight excluding hydrogens is 288 g/mol. The van der Waals surface area contributed by atoms with Gasteiger partial charge >= 0.3 is 0 Å². The van der Waals surface area contributed by atoms with Crippen molar-refractivity contribution in [2.45, 2.75) is 49.5 Å². The molecule has 0 unspecified atom stereocenters. The summed E-state index contributed by atoms with van der Waals surface area (Å²) in [7, 11) is -3.63. The lowest BCUT2D eigenvalue weighted by Crippen LogP contribution is -2.43. The van der Waals surface area contributed by atoms with Crippen molar-refractivity contribution in [1.29, 1.82) is 0 Å². The van der Waals surface area contributed by atoms with Crippen LogP contribution in [0.1, 0.15) is 36.8 Å². The van der Waals surface area contributed by atoms with E-state index < -0.39 is 22.0 Å². The summed E-state index contributed by atoms with van der Waals surface area (Å²) in [6.07, 6.45) is 5.40. The molecule has 0 spiro atoms. The van der Waals surface area contributed by atoms with Crippen molar-refractivity contribution in [2.24, 2.45) is 5.73 Å². The van der Waals surface area contributed by atoms with Crippen molar-refractivity contribution >= 4 is 15.9 Å². The van der Waals surface area contributed by atoms with E-state index >= 15 is 0 Å². The molecule has 1 saturated heterocycles. The zero-order valence-corrected chi connectivity index (χ0v) is 12.7. The Hall–Kier alpha value is -1.40. The highest BCUT2D eigenvalue weighted by Crippen LogP contribution is 2.29. The number of carbonyl (C=O) groups excluding carboxylic acids is 1. The molecule has 1 atom stereocenters. The Morgan fingerprint density at radius 3 is 2.57 bits per heavy atom. The number of carbonyl (C=O) groups is 1. The van der Waals surface area contributed by atoms with Crippen molar-refractivity contribution in [3.8, 4) is 0 Å². The average molecular weight is 308 g/mol. The van der Waals surface area contributed by atoms with E-state index in [4.69, 9.17) is 5.73 Å². The van der Waals surface area contributed by atoms with Crippen LogP contribution >= 0.6 is 0 Å². The van der Waals surface area contributed by atoms with E-state index in [-0.39, 0.29) is 4.90 Å². The van der Waals surface area contributed by atoms with E-state index in [0.29, 0.717) is 19.4 Å². The van der Waals surface area contributed by atoms with Crippen LogP contribution in [0.4, 0.5) is 0 Å². The number of hydrogen-bond acceptors (Lipinski definition) is 3. The fourth-order valence-electron chi connectivity index (χ4n) is 3.32. The van der Waals surface area contributed by atoms with Crippen LogP contribution in [0.2, 0.25) is 0 Å². The maximum Gasteiger partial charge on any atom is 0.243 e. The number of benzene rings is 1. The summed E-state index contributed by atoms with van der Waals surface area (Å²) in [5.41, 5.74) is 7.69. The van der Waals surface area contributed by atoms with E-state index in [2.05, 4.69) is 0 Å². The molecule has 3 rings (SSSR count). The summed E-state index contributed by atoms with van der Waals surface area (Å²) in [5, 5.41) is 0. The highest BCUT2D eigenvalue weighted by atomic mass is 32.2. The third-order valence-electron chi connectivity index (χ3n) is 4.46. The van der Waals surface area contributed by atoms with Gasteiger partial charge in [-0.25, -0.2) is 8.42 Å². The summed E-state index contributed by atoms with van der Waals surface area (Å²) in [6.45, 7) is 0.368. The molecule has 114 valence electrons. The second-order valence-electron chi connectivity index (χ2n) is 5.81. The SMILES string of the molecule is NC(=O)[C@@H]1CCCN1S(=O)(=O)c1ccc2c(c1)CCCC2. The van der Waals surface area contributed by atoms with Crippen molar-refractivity contribution < 1.29 is 13.2 Å². The maximum atomic E-state index is 12.8. The van der Waals surface area contributed by atoms with Crippen LogP contribution in [0.5, 0.6) is 0 Å². The van der Waals surface area contributed by atoms with E-state index in [0.717, 1.165) is 31.2 Å². The predicted octanol–water partition coefficient (Wildman–Crippen LogP) is 1.20. The number of primary amides is 1. The molecule has 0 saturated carbocycles. The lowest BCUT2D eigenvalue weighted by atomic mass is 9.92. The van der Waals surface area contributed by atoms with E-state index in [9.17, 15) is 13.2 Å². The van der Waals surface area contributed by atoms with Gasteiger partial charge in [-0.15, -0.1) is 0 Å². The van der Waals surface area contributed by atoms with Crippen LogP contribution in [0, 0.1) is 0 Å². The normalized spacial score (nSPS) is 23.0. The predicted molar refractivity (Wildman–Crippen MR) is 79.2 cm³/mol. The summed E-state index contributed by atoms with van der Waals surface area (Å²) in [5.74, 6) is -0.561. The Kier molecular flexibility index (Phi) is 3.75. The summed E-state index contributed by atoms with van der Waals surface area (Å²) < 4.78 is 26.8. The van der Waals surface area contributed by atoms with E-state index in [1.807, 2.05) is 6.07 Å². The molecule has 1 fully saturated rings. The summed E-state index contributed by atoms with van der Waals surface area (Å²) in [4.78, 5) is 11.7. The van der Waals surface area contributed by atoms with Crippen LogP contribution in [0.15, 0.2) is 23.1 Å². The first-order valence-corrected chi connectivity index (χ1v) is 8.87. The molecule has 1 amide bonds. The van der Waals surface area contributed by atoms with Crippen LogP contribution in [0.25, 0.3) is 0 Å². The van der Waals surface area contributed by atoms with Gasteiger partial charge in [0, 0.05) is 6.54 Å². The van der Waals surface area contributed by atoms with Crippen molar-refractivity contribution in [3.05, 3.63) is 29.3 Å². The zero-order chi connectivity index (χ0) is 15.0. The Morgan fingerprint density at radius 2 is 1.86 bits per heavy atom. The molecule has 1 aliphatic heterocycles. The number of sulfonamides is 1. The van der Waals surface area contributed by atoms with Crippen molar-refractivity contribution in [2.75, 3.05) is 6.54 Å². The van der Waals surface area contributed by atoms with Gasteiger partial charge < -0.3 is 5.73 Å². The van der Waals surface area contributed by atoms with Gasteiger partial charge in [0.15, 0.2) is 0 Å². The third-order valence-corrected chi connectivity index (χ3v) is 6.36. The molecule has 1 aromatic rings. The van der Waals surface area contributed by atoms with E-state index in [1.54, 1.807) is 12.1 Å². The van der Waals surface area contributed by atoms with Gasteiger partial charge in [0.1, 0.15) is 6.04 Å². The average Bonchev–Trinajstić information content (AvgIpc) is 2.97. The maximum absolute atomic E-state index is 12.8. The van der Waals surface area contributed by atoms with Crippen molar-refractivity contribution in [3.63, 3.8) is 0 Å². The van der Waals surface area contributed by atoms with Crippen LogP contribution in [-0.4, -0.2) is 31.2 Å². The van der Waals surface area contributed by atoms with Gasteiger partial charge in [0.05, 0.1) is 4.90 Å². The number of aryl methyl sites for hydroxylation is 2. The second-order valence-corrected chi connectivity index (χ2v) is 7.70. The van der Waals surface area contributed by atoms with Crippen LogP contribution < -0.4 is 5.73 Å². The molecule has 5 nitrogen and oxygen atoms in total. The highest BCUT2D eigenvalue weighted by Gasteiger charge is 2.38. The van der Waals surface area contributed by atoms with Crippen molar-refractivity contribution in [1.82, 2.24) is 4.31 Å². The molecule has 0 radical (unpaired) electrons. The Bertz CT molecular complexity index is 669. The molecule has 1 aliphatic carbocycles. The fourth-order valence-corrected chi connectivity index (χ4v) is 5.03. The molecule has 2 aliphatic rings. The van der Waals surface area contributed by atoms with Gasteiger partial charge in [-0.1, -0.05) is 6.07 Å². The Morgan fingerprint density at radius 1 is 1.14 bits per heavy atom. The molecule has 1 heterocycles. The summed E-state index contributed by atoms with van der Waals surface area (Å²) >= 11 is 0. The summed E-state index contributed by atoms with van der Waals surface area (Å²) in [6, 6.07) is 4.65. The zero-order valence-electron chi connectivity index (χ0n) is 11.9. The lowest BCUT2D eigenvalue weighted by Gasteiger charge is -2.23. The fraction of sp³-hybridized carbons (Fsp3) is 0.533. The number of fused-ring (bicyclic) bond motifs is 1. The minimum atomic E-state index is -3.63. The molecule has 6 heteroatoms. The van der Waals surface area contributed by atoms with Gasteiger partial charge in [-0.2, -0.15) is 4.31 Å². The third kappa shape index (κ3) is 2.58. The lowest BCUT2D eigenvalue weighted by molar-refractivity contribution is -0.121. The number of hydrogen-bond donors (Lipinski definition) is 1. The monoisotopic (exact) mass is 308 g/mol. The Labute approximate surface area is 125 Å². The number of nitrogens with zero attached hydrogens (tertiary/aromatic N) is 1. The first kappa shape index (κ1) is 14.5. The molecule has 2 N–H and O–H groups in total. The van der Waals surface area contributed by atoms with Gasteiger partial charge in [-0.3, -0.25) is 4.79 Å². The van der Waals surface area contributed by atoms with Gasteiger partial charge in [-0.05, 0) is 61.8 Å². The van der Waals surface area contributed by atoms with Crippen LogP contribution in [-0.2, 0) is 27.7 Å². The number of amides is 1. The van der Waals surface area contributed by atoms with Crippen LogP contribution in [0.3, 0.4) is 0 Å². The second kappa shape index (κ2) is 5.42. The largest absolute Gasteiger partial charge is 0.368 e. The molecule has 0 aromatic heterocycles. The highest BCUT2D eigenvalue weighted by molar-refractivity contribution is 7.89. The molecule has 1 aromatic carbocycles. The minimum absolute atomic E-state index is 0.288. The Balaban J connectivity index is 1.96. The van der Waals surface area contributed by atoms with E-state index in [1.165, 1.54) is 9.87 Å². The minimum Gasteiger partial charge on any atom is -0.368 e. The quantitative estimate of drug-likeness (QED) is 0.911. The smallest absolute Gasteiger partial charge is 0.243 e. The first-order valence-electron chi connectivity index (χ1n) is 7.43. The number of rotatable bonds is 3. The molecular formula is C15H20N2O3S. The first-order chi connectivity index (χ1) is 10.00. The molecule has 0 bridgehead atoms. The molecule has 21 heavy (non-hydrogen) atoms. The topological polar surface area (TPSA) is 80.5 Å².